The fourth-order valence-corrected chi connectivity index (χ4v) is 9.24. The predicted octanol–water partition coefficient (Wildman–Crippen LogP) is 5.74. The van der Waals surface area contributed by atoms with Gasteiger partial charge in [0.15, 0.2) is 5.82 Å². The summed E-state index contributed by atoms with van der Waals surface area (Å²) in [7, 11) is 0. The molecule has 0 amide bonds. The number of ether oxygens (including phenoxy) is 1. The Morgan fingerprint density at radius 1 is 1.07 bits per heavy atom. The number of hydrogen-bond acceptors (Lipinski definition) is 8. The lowest BCUT2D eigenvalue weighted by atomic mass is 9.93. The quantitative estimate of drug-likeness (QED) is 0.296. The summed E-state index contributed by atoms with van der Waals surface area (Å²) in [5, 5.41) is 16.1. The third kappa shape index (κ3) is 4.30. The highest BCUT2D eigenvalue weighted by atomic mass is 19.1. The van der Waals surface area contributed by atoms with E-state index in [0.29, 0.717) is 70.3 Å². The van der Waals surface area contributed by atoms with Crippen molar-refractivity contribution >= 4 is 27.5 Å². The Kier molecular flexibility index (Phi) is 6.45. The van der Waals surface area contributed by atoms with Gasteiger partial charge < -0.3 is 20.1 Å². The summed E-state index contributed by atoms with van der Waals surface area (Å²) in [6.45, 7) is 3.87. The first-order valence-electron chi connectivity index (χ1n) is 16.6. The third-order valence-electron chi connectivity index (χ3n) is 11.3. The number of phenols is 1. The topological polar surface area (TPSA) is 86.6 Å². The van der Waals surface area contributed by atoms with Gasteiger partial charge in [-0.1, -0.05) is 6.07 Å². The monoisotopic (exact) mass is 630 g/mol. The highest BCUT2D eigenvalue weighted by Gasteiger charge is 2.49. The van der Waals surface area contributed by atoms with E-state index in [-0.39, 0.29) is 35.6 Å². The van der Waals surface area contributed by atoms with Crippen LogP contribution in [0.25, 0.3) is 32.9 Å². The molecule has 4 fully saturated rings. The SMILES string of the molecule is Cc1c(F)ccc2cc(O)cc(-c3nc4c5c(nc(OC[C@@]67CCCN6C[C@H](F)C7)nc5c3F)N3C[C@H]5CC[C@H](N5)[C@@H]3CCC4)c12. The van der Waals surface area contributed by atoms with Crippen molar-refractivity contribution in [3.05, 3.63) is 47.2 Å². The molecular weight excluding hydrogens is 593 g/mol. The van der Waals surface area contributed by atoms with Crippen LogP contribution in [0.4, 0.5) is 19.0 Å². The van der Waals surface area contributed by atoms with Crippen LogP contribution in [0.1, 0.15) is 56.2 Å². The van der Waals surface area contributed by atoms with Crippen molar-refractivity contribution in [2.75, 3.05) is 31.1 Å². The first-order chi connectivity index (χ1) is 22.3. The maximum absolute atomic E-state index is 17.1. The van der Waals surface area contributed by atoms with Crippen LogP contribution in [0, 0.1) is 18.6 Å². The zero-order chi connectivity index (χ0) is 31.3. The molecule has 240 valence electrons. The first-order valence-corrected chi connectivity index (χ1v) is 16.6. The number of rotatable bonds is 4. The number of alkyl halides is 1. The first kappa shape index (κ1) is 28.5. The number of piperazine rings is 1. The summed E-state index contributed by atoms with van der Waals surface area (Å²) in [5.74, 6) is -0.511. The average Bonchev–Trinajstić information content (AvgIpc) is 3.70. The van der Waals surface area contributed by atoms with Gasteiger partial charge in [-0.25, -0.2) is 18.2 Å². The minimum absolute atomic E-state index is 0.0156. The number of benzene rings is 2. The molecule has 0 spiro atoms. The van der Waals surface area contributed by atoms with Gasteiger partial charge in [-0.05, 0) is 92.9 Å². The number of pyridine rings is 1. The van der Waals surface area contributed by atoms with Gasteiger partial charge in [0.25, 0.3) is 0 Å². The molecule has 2 bridgehead atoms. The third-order valence-corrected chi connectivity index (χ3v) is 11.3. The van der Waals surface area contributed by atoms with Crippen molar-refractivity contribution in [2.24, 2.45) is 0 Å². The van der Waals surface area contributed by atoms with Crippen LogP contribution in [0.3, 0.4) is 0 Å². The number of phenolic OH excluding ortho intramolecular Hbond substituents is 1. The van der Waals surface area contributed by atoms with Gasteiger partial charge in [0, 0.05) is 43.2 Å². The van der Waals surface area contributed by atoms with E-state index < -0.39 is 23.3 Å². The molecule has 11 heteroatoms. The van der Waals surface area contributed by atoms with Gasteiger partial charge in [-0.2, -0.15) is 9.97 Å². The number of nitrogens with one attached hydrogen (secondary N) is 1. The van der Waals surface area contributed by atoms with Crippen LogP contribution in [0.5, 0.6) is 11.8 Å². The van der Waals surface area contributed by atoms with E-state index in [1.54, 1.807) is 19.1 Å². The molecule has 2 aromatic heterocycles. The van der Waals surface area contributed by atoms with E-state index in [1.165, 1.54) is 12.1 Å². The molecule has 9 rings (SSSR count). The second-order valence-corrected chi connectivity index (χ2v) is 14.1. The van der Waals surface area contributed by atoms with E-state index in [1.807, 2.05) is 0 Å². The van der Waals surface area contributed by atoms with E-state index >= 15 is 4.39 Å². The second-order valence-electron chi connectivity index (χ2n) is 14.1. The minimum Gasteiger partial charge on any atom is -0.508 e. The Hall–Kier alpha value is -3.70. The van der Waals surface area contributed by atoms with Gasteiger partial charge in [0.1, 0.15) is 41.4 Å². The van der Waals surface area contributed by atoms with Crippen molar-refractivity contribution in [3.8, 4) is 23.0 Å². The molecule has 5 aliphatic heterocycles. The number of anilines is 1. The van der Waals surface area contributed by atoms with Crippen molar-refractivity contribution in [1.82, 2.24) is 25.2 Å². The van der Waals surface area contributed by atoms with Crippen LogP contribution in [0.15, 0.2) is 24.3 Å². The highest BCUT2D eigenvalue weighted by Crippen LogP contribution is 2.44. The van der Waals surface area contributed by atoms with Gasteiger partial charge in [0.05, 0.1) is 16.6 Å². The van der Waals surface area contributed by atoms with E-state index in [4.69, 9.17) is 19.7 Å². The fraction of sp³-hybridized carbons (Fsp3) is 0.514. The molecule has 0 saturated carbocycles. The summed E-state index contributed by atoms with van der Waals surface area (Å²) in [6.07, 6.45) is 5.87. The number of halogens is 3. The predicted molar refractivity (Wildman–Crippen MR) is 169 cm³/mol. The molecule has 0 unspecified atom stereocenters. The van der Waals surface area contributed by atoms with Crippen molar-refractivity contribution in [2.45, 2.75) is 88.1 Å². The molecule has 4 aromatic rings. The standard InChI is InChI=1S/C35H37F3N6O2/c1-18-24(37)8-6-19-12-22(45)13-23(28(18)19)31-30(38)32-29-26(40-31)4-2-5-27-25-9-7-21(39-25)16-44(27)33(29)42-34(41-32)46-17-35-10-3-11-43(35)15-20(36)14-35/h6,8,12-13,20-21,25,27,39,45H,2-5,7,9-11,14-17H2,1H3/t20-,21-,25+,27+,35+/m1/s1. The molecule has 2 N–H and O–H groups in total. The number of aryl methyl sites for hydroxylation is 2. The summed E-state index contributed by atoms with van der Waals surface area (Å²) in [6, 6.07) is 6.85. The van der Waals surface area contributed by atoms with E-state index in [2.05, 4.69) is 15.1 Å². The average molecular weight is 631 g/mol. The Bertz CT molecular complexity index is 1910. The molecule has 0 aliphatic carbocycles. The van der Waals surface area contributed by atoms with Crippen LogP contribution in [-0.2, 0) is 6.42 Å². The number of hydrogen-bond donors (Lipinski definition) is 2. The largest absolute Gasteiger partial charge is 0.508 e. The van der Waals surface area contributed by atoms with Crippen molar-refractivity contribution in [1.29, 1.82) is 0 Å². The normalized spacial score (nSPS) is 28.8. The maximum atomic E-state index is 17.1. The number of fused-ring (bicyclic) bond motifs is 7. The zero-order valence-electron chi connectivity index (χ0n) is 25.8. The van der Waals surface area contributed by atoms with Gasteiger partial charge >= 0.3 is 6.01 Å². The van der Waals surface area contributed by atoms with Gasteiger partial charge in [-0.15, -0.1) is 0 Å². The Morgan fingerprint density at radius 2 is 1.96 bits per heavy atom. The summed E-state index contributed by atoms with van der Waals surface area (Å²) in [5.41, 5.74) is 1.06. The number of nitrogens with zero attached hydrogens (tertiary/aromatic N) is 5. The molecule has 8 nitrogen and oxygen atoms in total. The van der Waals surface area contributed by atoms with Crippen LogP contribution >= 0.6 is 0 Å². The van der Waals surface area contributed by atoms with Crippen LogP contribution in [-0.4, -0.2) is 81.0 Å². The van der Waals surface area contributed by atoms with Crippen LogP contribution in [0.2, 0.25) is 0 Å². The minimum atomic E-state index is -0.897. The molecule has 7 heterocycles. The molecule has 4 saturated heterocycles. The lowest BCUT2D eigenvalue weighted by Gasteiger charge is -2.43. The zero-order valence-corrected chi connectivity index (χ0v) is 25.8. The summed E-state index contributed by atoms with van der Waals surface area (Å²) in [4.78, 5) is 19.1. The lowest BCUT2D eigenvalue weighted by molar-refractivity contribution is 0.107. The molecule has 5 atom stereocenters. The molecule has 2 aromatic carbocycles. The lowest BCUT2D eigenvalue weighted by Crippen LogP contribution is -2.58. The van der Waals surface area contributed by atoms with E-state index in [0.717, 1.165) is 51.6 Å². The van der Waals surface area contributed by atoms with Crippen molar-refractivity contribution < 1.29 is 23.0 Å². The Labute approximate surface area is 265 Å². The molecule has 0 radical (unpaired) electrons. The highest BCUT2D eigenvalue weighted by molar-refractivity contribution is 6.02. The van der Waals surface area contributed by atoms with E-state index in [9.17, 15) is 13.9 Å². The molecular formula is C35H37F3N6O2. The Balaban J connectivity index is 1.25. The smallest absolute Gasteiger partial charge is 0.319 e. The summed E-state index contributed by atoms with van der Waals surface area (Å²) >= 11 is 0. The molecule has 5 aliphatic rings. The van der Waals surface area contributed by atoms with Crippen molar-refractivity contribution in [3.63, 3.8) is 0 Å². The van der Waals surface area contributed by atoms with Gasteiger partial charge in [0.2, 0.25) is 0 Å². The number of aromatic nitrogens is 3. The Morgan fingerprint density at radius 3 is 2.85 bits per heavy atom. The van der Waals surface area contributed by atoms with Gasteiger partial charge in [-0.3, -0.25) is 4.90 Å². The van der Waals surface area contributed by atoms with Crippen LogP contribution < -0.4 is 15.0 Å². The fourth-order valence-electron chi connectivity index (χ4n) is 9.24. The summed E-state index contributed by atoms with van der Waals surface area (Å²) < 4.78 is 52.9. The second kappa shape index (κ2) is 10.4. The maximum Gasteiger partial charge on any atom is 0.319 e. The number of aromatic hydroxyl groups is 1. The molecule has 46 heavy (non-hydrogen) atoms.